The van der Waals surface area contributed by atoms with E-state index >= 15 is 0 Å². The monoisotopic (exact) mass is 265 g/mol. The quantitative estimate of drug-likeness (QED) is 0.735. The number of phenols is 1. The van der Waals surface area contributed by atoms with Crippen molar-refractivity contribution in [3.63, 3.8) is 0 Å². The molecule has 5 nitrogen and oxygen atoms in total. The Hall–Kier alpha value is -2.01. The molecule has 0 spiro atoms. The van der Waals surface area contributed by atoms with Crippen LogP contribution in [0.4, 0.5) is 0 Å². The van der Waals surface area contributed by atoms with Gasteiger partial charge in [-0.05, 0) is 24.6 Å². The third-order valence-electron chi connectivity index (χ3n) is 2.54. The molecule has 0 aliphatic heterocycles. The average molecular weight is 265 g/mol. The molecule has 5 heteroatoms. The molecule has 1 atom stereocenters. The number of nitrogens with one attached hydrogen (secondary N) is 1. The topological polar surface area (TPSA) is 67.8 Å². The summed E-state index contributed by atoms with van der Waals surface area (Å²) in [5, 5.41) is 12.3. The van der Waals surface area contributed by atoms with E-state index in [0.717, 1.165) is 5.56 Å². The Morgan fingerprint density at radius 1 is 1.58 bits per heavy atom. The predicted octanol–water partition coefficient (Wildman–Crippen LogP) is 1.61. The fourth-order valence-electron chi connectivity index (χ4n) is 1.47. The number of hydrogen-bond donors (Lipinski definition) is 2. The van der Waals surface area contributed by atoms with Gasteiger partial charge < -0.3 is 19.9 Å². The number of hydrogen-bond acceptors (Lipinski definition) is 4. The summed E-state index contributed by atoms with van der Waals surface area (Å²) in [6, 6.07) is 4.97. The molecular formula is C14H19NO4. The van der Waals surface area contributed by atoms with Crippen LogP contribution < -0.4 is 10.1 Å². The second-order valence-corrected chi connectivity index (χ2v) is 3.99. The van der Waals surface area contributed by atoms with Crippen molar-refractivity contribution in [3.05, 3.63) is 36.4 Å². The molecule has 1 rings (SSSR count). The molecule has 1 aromatic rings. The molecule has 0 heterocycles. The third-order valence-corrected chi connectivity index (χ3v) is 2.54. The SMILES string of the molecule is C=CCOC(C)C(=O)NCc1ccc(OC)c(O)c1. The molecule has 0 fully saturated rings. The fourth-order valence-corrected chi connectivity index (χ4v) is 1.47. The summed E-state index contributed by atoms with van der Waals surface area (Å²) in [6.07, 6.45) is 1.05. The van der Waals surface area contributed by atoms with Gasteiger partial charge in [0.15, 0.2) is 11.5 Å². The van der Waals surface area contributed by atoms with Gasteiger partial charge in [0, 0.05) is 6.54 Å². The highest BCUT2D eigenvalue weighted by molar-refractivity contribution is 5.80. The van der Waals surface area contributed by atoms with E-state index < -0.39 is 6.10 Å². The van der Waals surface area contributed by atoms with Crippen LogP contribution in [0.5, 0.6) is 11.5 Å². The number of methoxy groups -OCH3 is 1. The maximum Gasteiger partial charge on any atom is 0.249 e. The highest BCUT2D eigenvalue weighted by Gasteiger charge is 2.12. The molecule has 1 amide bonds. The minimum atomic E-state index is -0.537. The van der Waals surface area contributed by atoms with Crippen molar-refractivity contribution in [2.75, 3.05) is 13.7 Å². The maximum absolute atomic E-state index is 11.7. The zero-order chi connectivity index (χ0) is 14.3. The van der Waals surface area contributed by atoms with Gasteiger partial charge >= 0.3 is 0 Å². The third kappa shape index (κ3) is 4.63. The van der Waals surface area contributed by atoms with Crippen LogP contribution in [0.25, 0.3) is 0 Å². The summed E-state index contributed by atoms with van der Waals surface area (Å²) < 4.78 is 10.1. The number of aromatic hydroxyl groups is 1. The number of carbonyl (C=O) groups excluding carboxylic acids is 1. The van der Waals surface area contributed by atoms with E-state index in [2.05, 4.69) is 11.9 Å². The molecule has 0 aliphatic rings. The lowest BCUT2D eigenvalue weighted by Gasteiger charge is -2.12. The van der Waals surface area contributed by atoms with Gasteiger partial charge in [0.1, 0.15) is 6.10 Å². The van der Waals surface area contributed by atoms with Crippen molar-refractivity contribution in [2.45, 2.75) is 19.6 Å². The van der Waals surface area contributed by atoms with Gasteiger partial charge in [-0.25, -0.2) is 0 Å². The predicted molar refractivity (Wildman–Crippen MR) is 72.1 cm³/mol. The molecule has 104 valence electrons. The Kier molecular flexibility index (Phi) is 5.89. The van der Waals surface area contributed by atoms with Gasteiger partial charge in [0.05, 0.1) is 13.7 Å². The van der Waals surface area contributed by atoms with Crippen LogP contribution in [-0.2, 0) is 16.1 Å². The lowest BCUT2D eigenvalue weighted by Crippen LogP contribution is -2.34. The van der Waals surface area contributed by atoms with E-state index in [1.165, 1.54) is 7.11 Å². The minimum Gasteiger partial charge on any atom is -0.504 e. The van der Waals surface area contributed by atoms with Crippen molar-refractivity contribution in [1.29, 1.82) is 0 Å². The summed E-state index contributed by atoms with van der Waals surface area (Å²) in [6.45, 7) is 5.84. The van der Waals surface area contributed by atoms with Crippen LogP contribution in [0.15, 0.2) is 30.9 Å². The number of ether oxygens (including phenoxy) is 2. The lowest BCUT2D eigenvalue weighted by atomic mass is 10.2. The van der Waals surface area contributed by atoms with Gasteiger partial charge in [-0.2, -0.15) is 0 Å². The molecule has 0 aromatic heterocycles. The van der Waals surface area contributed by atoms with Gasteiger partial charge in [0.2, 0.25) is 5.91 Å². The maximum atomic E-state index is 11.7. The van der Waals surface area contributed by atoms with Gasteiger partial charge in [-0.15, -0.1) is 6.58 Å². The fraction of sp³-hybridized carbons (Fsp3) is 0.357. The first kappa shape index (κ1) is 15.0. The molecule has 0 saturated carbocycles. The highest BCUT2D eigenvalue weighted by atomic mass is 16.5. The zero-order valence-corrected chi connectivity index (χ0v) is 11.2. The minimum absolute atomic E-state index is 0.0465. The summed E-state index contributed by atoms with van der Waals surface area (Å²) in [7, 11) is 1.48. The van der Waals surface area contributed by atoms with Crippen molar-refractivity contribution >= 4 is 5.91 Å². The highest BCUT2D eigenvalue weighted by Crippen LogP contribution is 2.25. The average Bonchev–Trinajstić information content (AvgIpc) is 2.42. The number of phenolic OH excluding ortho intramolecular Hbond substituents is 1. The van der Waals surface area contributed by atoms with E-state index in [-0.39, 0.29) is 11.7 Å². The van der Waals surface area contributed by atoms with Crippen LogP contribution >= 0.6 is 0 Å². The molecule has 0 radical (unpaired) electrons. The van der Waals surface area contributed by atoms with E-state index in [9.17, 15) is 9.90 Å². The molecule has 0 aliphatic carbocycles. The molecular weight excluding hydrogens is 246 g/mol. The molecule has 2 N–H and O–H groups in total. The molecule has 0 saturated heterocycles. The Labute approximate surface area is 112 Å². The number of rotatable bonds is 7. The number of carbonyl (C=O) groups is 1. The molecule has 0 bridgehead atoms. The van der Waals surface area contributed by atoms with Crippen LogP contribution in [-0.4, -0.2) is 30.8 Å². The zero-order valence-electron chi connectivity index (χ0n) is 11.2. The van der Waals surface area contributed by atoms with Gasteiger partial charge in [-0.3, -0.25) is 4.79 Å². The van der Waals surface area contributed by atoms with E-state index in [1.54, 1.807) is 31.2 Å². The largest absolute Gasteiger partial charge is 0.504 e. The lowest BCUT2D eigenvalue weighted by molar-refractivity contribution is -0.131. The molecule has 1 aromatic carbocycles. The van der Waals surface area contributed by atoms with E-state index in [4.69, 9.17) is 9.47 Å². The normalized spacial score (nSPS) is 11.7. The van der Waals surface area contributed by atoms with Crippen molar-refractivity contribution in [3.8, 4) is 11.5 Å². The second kappa shape index (κ2) is 7.43. The summed E-state index contributed by atoms with van der Waals surface area (Å²) in [5.74, 6) is 0.236. The van der Waals surface area contributed by atoms with Crippen LogP contribution in [0, 0.1) is 0 Å². The first-order valence-electron chi connectivity index (χ1n) is 5.94. The number of amides is 1. The Balaban J connectivity index is 2.50. The smallest absolute Gasteiger partial charge is 0.249 e. The van der Waals surface area contributed by atoms with Crippen molar-refractivity contribution in [1.82, 2.24) is 5.32 Å². The van der Waals surface area contributed by atoms with Gasteiger partial charge in [0.25, 0.3) is 0 Å². The summed E-state index contributed by atoms with van der Waals surface area (Å²) in [4.78, 5) is 11.7. The molecule has 19 heavy (non-hydrogen) atoms. The Bertz CT molecular complexity index is 445. The van der Waals surface area contributed by atoms with Crippen LogP contribution in [0.3, 0.4) is 0 Å². The second-order valence-electron chi connectivity index (χ2n) is 3.99. The summed E-state index contributed by atoms with van der Waals surface area (Å²) in [5.41, 5.74) is 0.780. The van der Waals surface area contributed by atoms with E-state index in [1.807, 2.05) is 0 Å². The van der Waals surface area contributed by atoms with Crippen LogP contribution in [0.1, 0.15) is 12.5 Å². The van der Waals surface area contributed by atoms with E-state index in [0.29, 0.717) is 18.9 Å². The Morgan fingerprint density at radius 3 is 2.89 bits per heavy atom. The summed E-state index contributed by atoms with van der Waals surface area (Å²) >= 11 is 0. The first-order chi connectivity index (χ1) is 9.08. The Morgan fingerprint density at radius 2 is 2.32 bits per heavy atom. The van der Waals surface area contributed by atoms with Crippen molar-refractivity contribution in [2.24, 2.45) is 0 Å². The standard InChI is InChI=1S/C14H19NO4/c1-4-7-19-10(2)14(17)15-9-11-5-6-13(18-3)12(16)8-11/h4-6,8,10,16H,1,7,9H2,2-3H3,(H,15,17). The van der Waals surface area contributed by atoms with Crippen LogP contribution in [0.2, 0.25) is 0 Å². The number of benzene rings is 1. The molecule has 1 unspecified atom stereocenters. The van der Waals surface area contributed by atoms with Crippen molar-refractivity contribution < 1.29 is 19.4 Å². The first-order valence-corrected chi connectivity index (χ1v) is 5.94. The van der Waals surface area contributed by atoms with Gasteiger partial charge in [-0.1, -0.05) is 12.1 Å².